The zero-order chi connectivity index (χ0) is 17.1. The maximum atomic E-state index is 12.6. The van der Waals surface area contributed by atoms with Crippen molar-refractivity contribution in [3.05, 3.63) is 0 Å². The second-order valence-corrected chi connectivity index (χ2v) is 10.4. The monoisotopic (exact) mass is 331 g/mol. The van der Waals surface area contributed by atoms with Crippen LogP contribution >= 0.6 is 0 Å². The maximum absolute atomic E-state index is 12.6. The van der Waals surface area contributed by atoms with Gasteiger partial charge in [0.2, 0.25) is 0 Å². The zero-order valence-corrected chi connectivity index (χ0v) is 16.3. The summed E-state index contributed by atoms with van der Waals surface area (Å²) in [7, 11) is 4.49. The second kappa shape index (κ2) is 5.83. The summed E-state index contributed by atoms with van der Waals surface area (Å²) in [6.45, 7) is 6.22. The molecule has 4 fully saturated rings. The van der Waals surface area contributed by atoms with Crippen molar-refractivity contribution in [3.63, 3.8) is 0 Å². The molecule has 136 valence electrons. The molecule has 0 bridgehead atoms. The molecule has 0 aromatic carbocycles. The molecule has 0 aliphatic heterocycles. The molecule has 24 heavy (non-hydrogen) atoms. The topological polar surface area (TPSA) is 20.3 Å². The lowest BCUT2D eigenvalue weighted by atomic mass is 9.43. The van der Waals surface area contributed by atoms with Gasteiger partial charge in [-0.1, -0.05) is 26.7 Å². The van der Waals surface area contributed by atoms with Crippen LogP contribution in [0.4, 0.5) is 0 Å². The summed E-state index contributed by atoms with van der Waals surface area (Å²) < 4.78 is 0. The predicted octanol–water partition coefficient (Wildman–Crippen LogP) is 4.78. The molecule has 2 nitrogen and oxygen atoms in total. The van der Waals surface area contributed by atoms with Gasteiger partial charge in [0.1, 0.15) is 5.78 Å². The first-order chi connectivity index (χ1) is 11.4. The van der Waals surface area contributed by atoms with Gasteiger partial charge < -0.3 is 4.90 Å². The highest BCUT2D eigenvalue weighted by Crippen LogP contribution is 2.66. The average Bonchev–Trinajstić information content (AvgIpc) is 2.82. The van der Waals surface area contributed by atoms with Crippen molar-refractivity contribution in [2.45, 2.75) is 71.6 Å². The Morgan fingerprint density at radius 1 is 1.00 bits per heavy atom. The van der Waals surface area contributed by atoms with E-state index in [9.17, 15) is 4.79 Å². The van der Waals surface area contributed by atoms with E-state index in [1.54, 1.807) is 0 Å². The van der Waals surface area contributed by atoms with Gasteiger partial charge in [0.25, 0.3) is 0 Å². The molecular weight excluding hydrogens is 294 g/mol. The summed E-state index contributed by atoms with van der Waals surface area (Å²) in [6, 6.07) is 0. The molecule has 0 amide bonds. The third-order valence-electron chi connectivity index (χ3n) is 9.06. The van der Waals surface area contributed by atoms with Crippen LogP contribution in [0, 0.1) is 40.4 Å². The van der Waals surface area contributed by atoms with Gasteiger partial charge in [0, 0.05) is 18.4 Å². The predicted molar refractivity (Wildman–Crippen MR) is 98.8 cm³/mol. The summed E-state index contributed by atoms with van der Waals surface area (Å²) in [5.41, 5.74) is 0.580. The van der Waals surface area contributed by atoms with E-state index in [4.69, 9.17) is 0 Å². The highest BCUT2D eigenvalue weighted by Gasteiger charge is 2.61. The SMILES string of the molecule is CN(C)CC1C[C@@H]2[C@@H](CC[C@]3(C)C(=O)CC[C@@H]23)[C@@]2(C)CCCCC12. The minimum Gasteiger partial charge on any atom is -0.309 e. The maximum Gasteiger partial charge on any atom is 0.139 e. The minimum absolute atomic E-state index is 0.0295. The number of carbonyl (C=O) groups excluding carboxylic acids is 1. The van der Waals surface area contributed by atoms with Gasteiger partial charge in [-0.05, 0) is 87.6 Å². The summed E-state index contributed by atoms with van der Waals surface area (Å²) in [6.07, 6.45) is 11.7. The van der Waals surface area contributed by atoms with Crippen LogP contribution in [0.2, 0.25) is 0 Å². The fourth-order valence-electron chi connectivity index (χ4n) is 8.01. The molecule has 2 unspecified atom stereocenters. The lowest BCUT2D eigenvalue weighted by Crippen LogP contribution is -2.56. The van der Waals surface area contributed by atoms with Crippen molar-refractivity contribution in [3.8, 4) is 0 Å². The van der Waals surface area contributed by atoms with Crippen LogP contribution in [0.1, 0.15) is 71.6 Å². The first kappa shape index (κ1) is 17.1. The van der Waals surface area contributed by atoms with E-state index in [2.05, 4.69) is 32.8 Å². The van der Waals surface area contributed by atoms with Gasteiger partial charge in [-0.3, -0.25) is 4.79 Å². The fraction of sp³-hybridized carbons (Fsp3) is 0.955. The van der Waals surface area contributed by atoms with Crippen LogP contribution in [-0.2, 0) is 4.79 Å². The molecule has 0 N–H and O–H groups in total. The van der Waals surface area contributed by atoms with Crippen LogP contribution in [0.15, 0.2) is 0 Å². The van der Waals surface area contributed by atoms with Gasteiger partial charge in [0.05, 0.1) is 0 Å². The zero-order valence-electron chi connectivity index (χ0n) is 16.3. The highest BCUT2D eigenvalue weighted by atomic mass is 16.1. The molecule has 4 saturated carbocycles. The Hall–Kier alpha value is -0.370. The normalized spacial score (nSPS) is 51.2. The number of Topliss-reactive ketones (excluding diaryl/α,β-unsaturated/α-hetero) is 1. The molecule has 0 aromatic rings. The first-order valence-corrected chi connectivity index (χ1v) is 10.5. The largest absolute Gasteiger partial charge is 0.309 e. The smallest absolute Gasteiger partial charge is 0.139 e. The molecule has 0 radical (unpaired) electrons. The quantitative estimate of drug-likeness (QED) is 0.726. The van der Waals surface area contributed by atoms with E-state index in [0.717, 1.165) is 30.1 Å². The number of ketones is 1. The average molecular weight is 332 g/mol. The van der Waals surface area contributed by atoms with E-state index >= 15 is 0 Å². The third-order valence-corrected chi connectivity index (χ3v) is 9.06. The molecule has 4 aliphatic carbocycles. The van der Waals surface area contributed by atoms with Crippen molar-refractivity contribution in [1.82, 2.24) is 4.90 Å². The molecule has 0 saturated heterocycles. The highest BCUT2D eigenvalue weighted by molar-refractivity contribution is 5.87. The minimum atomic E-state index is 0.0295. The number of carbonyl (C=O) groups is 1. The van der Waals surface area contributed by atoms with E-state index < -0.39 is 0 Å². The Morgan fingerprint density at radius 3 is 2.54 bits per heavy atom. The molecule has 0 heterocycles. The van der Waals surface area contributed by atoms with Gasteiger partial charge in [-0.2, -0.15) is 0 Å². The Balaban J connectivity index is 1.68. The number of rotatable bonds is 2. The molecule has 4 rings (SSSR count). The van der Waals surface area contributed by atoms with Crippen molar-refractivity contribution in [2.75, 3.05) is 20.6 Å². The van der Waals surface area contributed by atoms with Crippen LogP contribution in [0.3, 0.4) is 0 Å². The first-order valence-electron chi connectivity index (χ1n) is 10.5. The molecule has 2 heteroatoms. The van der Waals surface area contributed by atoms with Crippen molar-refractivity contribution >= 4 is 5.78 Å². The van der Waals surface area contributed by atoms with Crippen molar-refractivity contribution < 1.29 is 4.79 Å². The van der Waals surface area contributed by atoms with E-state index in [-0.39, 0.29) is 5.41 Å². The standard InChI is InChI=1S/C22H37NO/c1-21-11-6-5-7-17(21)15(14-23(3)4)13-16-18-8-9-20(24)22(18,2)12-10-19(16)21/h15-19H,5-14H2,1-4H3/t15?,16-,17?,18-,19+,21-,22-/m0/s1. The second-order valence-electron chi connectivity index (χ2n) is 10.4. The van der Waals surface area contributed by atoms with Gasteiger partial charge in [-0.15, -0.1) is 0 Å². The molecule has 0 spiro atoms. The van der Waals surface area contributed by atoms with Gasteiger partial charge in [-0.25, -0.2) is 0 Å². The van der Waals surface area contributed by atoms with Gasteiger partial charge in [0.15, 0.2) is 0 Å². The van der Waals surface area contributed by atoms with Gasteiger partial charge >= 0.3 is 0 Å². The van der Waals surface area contributed by atoms with Crippen LogP contribution in [0.5, 0.6) is 0 Å². The lowest BCUT2D eigenvalue weighted by molar-refractivity contribution is -0.147. The van der Waals surface area contributed by atoms with Crippen molar-refractivity contribution in [2.24, 2.45) is 40.4 Å². The summed E-state index contributed by atoms with van der Waals surface area (Å²) in [5, 5.41) is 0. The third kappa shape index (κ3) is 2.35. The molecule has 4 aliphatic rings. The Kier molecular flexibility index (Phi) is 4.14. The summed E-state index contributed by atoms with van der Waals surface area (Å²) >= 11 is 0. The summed E-state index contributed by atoms with van der Waals surface area (Å²) in [4.78, 5) is 15.0. The summed E-state index contributed by atoms with van der Waals surface area (Å²) in [5.74, 6) is 4.77. The van der Waals surface area contributed by atoms with Crippen LogP contribution in [0.25, 0.3) is 0 Å². The number of fused-ring (bicyclic) bond motifs is 5. The lowest BCUT2D eigenvalue weighted by Gasteiger charge is -2.62. The number of hydrogen-bond acceptors (Lipinski definition) is 2. The number of hydrogen-bond donors (Lipinski definition) is 0. The Labute approximate surface area is 148 Å². The number of nitrogens with zero attached hydrogens (tertiary/aromatic N) is 1. The Bertz CT molecular complexity index is 514. The molecule has 7 atom stereocenters. The van der Waals surface area contributed by atoms with Crippen LogP contribution in [-0.4, -0.2) is 31.3 Å². The molecule has 0 aromatic heterocycles. The molecular formula is C22H37NO. The fourth-order valence-corrected chi connectivity index (χ4v) is 8.01. The van der Waals surface area contributed by atoms with E-state index in [0.29, 0.717) is 17.1 Å². The van der Waals surface area contributed by atoms with E-state index in [1.165, 1.54) is 57.9 Å². The van der Waals surface area contributed by atoms with Crippen molar-refractivity contribution in [1.29, 1.82) is 0 Å². The van der Waals surface area contributed by atoms with Crippen LogP contribution < -0.4 is 0 Å². The van der Waals surface area contributed by atoms with E-state index in [1.807, 2.05) is 0 Å². The Morgan fingerprint density at radius 2 is 1.79 bits per heavy atom.